The lowest BCUT2D eigenvalue weighted by atomic mass is 9.90. The number of ether oxygens (including phenoxy) is 1. The van der Waals surface area contributed by atoms with Crippen molar-refractivity contribution < 1.29 is 84.2 Å². The summed E-state index contributed by atoms with van der Waals surface area (Å²) < 4.78 is 225. The number of carbonyl (C=O) groups excluding carboxylic acids is 1. The number of carbonyl (C=O) groups is 1. The minimum atomic E-state index is -8.32. The van der Waals surface area contributed by atoms with Crippen molar-refractivity contribution in [3.63, 3.8) is 0 Å². The first-order valence-electron chi connectivity index (χ1n) is 8.12. The molecule has 0 rings (SSSR count). The second-order valence-electron chi connectivity index (χ2n) is 6.69. The van der Waals surface area contributed by atoms with Gasteiger partial charge in [-0.05, 0) is 0 Å². The van der Waals surface area contributed by atoms with Crippen LogP contribution in [0, 0.1) is 0 Å². The van der Waals surface area contributed by atoms with Gasteiger partial charge in [-0.2, -0.15) is 57.1 Å². The van der Waals surface area contributed by atoms with Gasteiger partial charge in [-0.3, -0.25) is 0 Å². The van der Waals surface area contributed by atoms with Crippen LogP contribution < -0.4 is 0 Å². The zero-order chi connectivity index (χ0) is 27.8. The second-order valence-corrected chi connectivity index (χ2v) is 6.69. The summed E-state index contributed by atoms with van der Waals surface area (Å²) in [5.41, 5.74) is 0. The van der Waals surface area contributed by atoms with E-state index in [1.807, 2.05) is 0 Å². The lowest BCUT2D eigenvalue weighted by Crippen LogP contribution is -2.70. The number of alkyl halides is 17. The Balaban J connectivity index is 5.91. The molecule has 0 radical (unpaired) electrons. The number of rotatable bonds is 12. The minimum absolute atomic E-state index is 0.410. The number of hydrogen-bond donors (Lipinski definition) is 0. The molecule has 0 amide bonds. The number of halogens is 17. The highest BCUT2D eigenvalue weighted by Crippen LogP contribution is 2.61. The zero-order valence-corrected chi connectivity index (χ0v) is 15.9. The smallest absolute Gasteiger partial charge is 0.460 e. The Labute approximate surface area is 177 Å². The van der Waals surface area contributed by atoms with Crippen molar-refractivity contribution in [2.45, 2.75) is 66.9 Å². The average molecular weight is 546 g/mol. The summed E-state index contributed by atoms with van der Waals surface area (Å²) in [7, 11) is 0. The summed E-state index contributed by atoms with van der Waals surface area (Å²) in [6.07, 6.45) is -16.4. The predicted molar refractivity (Wildman–Crippen MR) is 75.7 cm³/mol. The highest BCUT2D eigenvalue weighted by atomic mass is 19.4. The van der Waals surface area contributed by atoms with Crippen LogP contribution in [0.15, 0.2) is 12.7 Å². The van der Waals surface area contributed by atoms with Crippen LogP contribution in [0.2, 0.25) is 0 Å². The molecule has 19 heteroatoms. The van der Waals surface area contributed by atoms with E-state index in [1.165, 1.54) is 0 Å². The molecule has 0 unspecified atom stereocenters. The molecule has 0 atom stereocenters. The van der Waals surface area contributed by atoms with E-state index >= 15 is 0 Å². The third-order valence-corrected chi connectivity index (χ3v) is 3.88. The van der Waals surface area contributed by atoms with Crippen LogP contribution >= 0.6 is 0 Å². The van der Waals surface area contributed by atoms with Gasteiger partial charge in [-0.15, -0.1) is 0 Å². The lowest BCUT2D eigenvalue weighted by Gasteiger charge is -2.40. The van der Waals surface area contributed by atoms with Gasteiger partial charge < -0.3 is 4.74 Å². The molecule has 0 aliphatic heterocycles. The Kier molecular flexibility index (Phi) is 8.70. The fourth-order valence-corrected chi connectivity index (χ4v) is 2.13. The molecule has 34 heavy (non-hydrogen) atoms. The van der Waals surface area contributed by atoms with Crippen molar-refractivity contribution in [2.24, 2.45) is 0 Å². The topological polar surface area (TPSA) is 26.3 Å². The molecule has 0 spiro atoms. The number of esters is 1. The van der Waals surface area contributed by atoms with Gasteiger partial charge in [0, 0.05) is 12.5 Å². The molecular formula is C15H11F17O2. The van der Waals surface area contributed by atoms with Gasteiger partial charge in [0.05, 0.1) is 19.4 Å². The Bertz CT molecular complexity index is 738. The second kappa shape index (κ2) is 9.23. The van der Waals surface area contributed by atoms with E-state index in [1.54, 1.807) is 0 Å². The van der Waals surface area contributed by atoms with Crippen molar-refractivity contribution >= 4 is 5.97 Å². The molecule has 0 aromatic carbocycles. The van der Waals surface area contributed by atoms with Gasteiger partial charge in [-0.25, -0.2) is 22.4 Å². The van der Waals surface area contributed by atoms with E-state index in [4.69, 9.17) is 0 Å². The molecule has 0 heterocycles. The molecule has 0 N–H and O–H groups in total. The van der Waals surface area contributed by atoms with Crippen LogP contribution in [-0.4, -0.2) is 60.2 Å². The molecule has 0 aliphatic rings. The molecule has 0 aromatic heterocycles. The monoisotopic (exact) mass is 546 g/mol. The van der Waals surface area contributed by atoms with Crippen molar-refractivity contribution in [1.82, 2.24) is 0 Å². The van der Waals surface area contributed by atoms with E-state index in [-0.39, 0.29) is 0 Å². The number of hydrogen-bond acceptors (Lipinski definition) is 2. The third kappa shape index (κ3) is 6.17. The summed E-state index contributed by atoms with van der Waals surface area (Å²) >= 11 is 0. The molecule has 0 aliphatic carbocycles. The summed E-state index contributed by atoms with van der Waals surface area (Å²) in [6, 6.07) is 0. The fourth-order valence-electron chi connectivity index (χ4n) is 2.13. The molecule has 0 fully saturated rings. The fraction of sp³-hybridized carbons (Fsp3) is 0.800. The van der Waals surface area contributed by atoms with E-state index in [9.17, 15) is 79.4 Å². The summed E-state index contributed by atoms with van der Waals surface area (Å²) in [4.78, 5) is 10.6. The lowest BCUT2D eigenvalue weighted by molar-refractivity contribution is -0.442. The van der Waals surface area contributed by atoms with E-state index in [0.717, 1.165) is 0 Å². The van der Waals surface area contributed by atoms with Crippen molar-refractivity contribution in [3.05, 3.63) is 12.7 Å². The van der Waals surface area contributed by atoms with E-state index < -0.39 is 79.5 Å². The highest BCUT2D eigenvalue weighted by Gasteiger charge is 2.91. The standard InChI is InChI=1S/C15H11F17O2/c1-2-7(33)34-4-3-8(16,17)5-9(18,19)6-10(20,21)11(22,23)12(24,25)13(26,27)14(28,29)15(30,31)32/h2H,1,3-6H2. The van der Waals surface area contributed by atoms with Gasteiger partial charge in [0.25, 0.3) is 11.8 Å². The van der Waals surface area contributed by atoms with Gasteiger partial charge in [0.15, 0.2) is 0 Å². The van der Waals surface area contributed by atoms with Gasteiger partial charge in [0.1, 0.15) is 0 Å². The van der Waals surface area contributed by atoms with Crippen molar-refractivity contribution in [2.75, 3.05) is 6.61 Å². The Hall–Kier alpha value is -1.98. The van der Waals surface area contributed by atoms with Crippen molar-refractivity contribution in [1.29, 1.82) is 0 Å². The Morgan fingerprint density at radius 1 is 0.618 bits per heavy atom. The van der Waals surface area contributed by atoms with Crippen LogP contribution in [0.3, 0.4) is 0 Å². The largest absolute Gasteiger partial charge is 0.462 e. The summed E-state index contributed by atoms with van der Waals surface area (Å²) in [5, 5.41) is 0. The normalized spacial score (nSPS) is 15.3. The van der Waals surface area contributed by atoms with Crippen LogP contribution in [0.4, 0.5) is 74.6 Å². The van der Waals surface area contributed by atoms with Crippen LogP contribution in [0.5, 0.6) is 0 Å². The Morgan fingerprint density at radius 3 is 1.41 bits per heavy atom. The molecule has 0 saturated carbocycles. The molecular weight excluding hydrogens is 535 g/mol. The van der Waals surface area contributed by atoms with Gasteiger partial charge >= 0.3 is 41.8 Å². The average Bonchev–Trinajstić information content (AvgIpc) is 2.57. The van der Waals surface area contributed by atoms with Crippen molar-refractivity contribution in [3.8, 4) is 0 Å². The van der Waals surface area contributed by atoms with E-state index in [0.29, 0.717) is 6.08 Å². The van der Waals surface area contributed by atoms with Crippen LogP contribution in [0.25, 0.3) is 0 Å². The SMILES string of the molecule is C=CC(=O)OCCC(F)(F)CC(F)(F)CC(F)(F)C(F)(F)C(F)(F)C(F)(F)C(F)(F)C(F)(F)F. The first kappa shape index (κ1) is 32.0. The van der Waals surface area contributed by atoms with E-state index in [2.05, 4.69) is 11.3 Å². The quantitative estimate of drug-likeness (QED) is 0.151. The van der Waals surface area contributed by atoms with Crippen LogP contribution in [-0.2, 0) is 9.53 Å². The molecule has 2 nitrogen and oxygen atoms in total. The highest BCUT2D eigenvalue weighted by molar-refractivity contribution is 5.81. The third-order valence-electron chi connectivity index (χ3n) is 3.88. The first-order chi connectivity index (χ1) is 14.6. The maximum absolute atomic E-state index is 13.5. The molecule has 0 saturated heterocycles. The maximum atomic E-state index is 13.5. The Morgan fingerprint density at radius 2 is 1.03 bits per heavy atom. The van der Waals surface area contributed by atoms with Crippen LogP contribution in [0.1, 0.15) is 19.3 Å². The molecule has 0 bridgehead atoms. The maximum Gasteiger partial charge on any atom is 0.460 e. The first-order valence-corrected chi connectivity index (χ1v) is 8.12. The molecule has 0 aromatic rings. The zero-order valence-electron chi connectivity index (χ0n) is 15.9. The van der Waals surface area contributed by atoms with Gasteiger partial charge in [-0.1, -0.05) is 6.58 Å². The predicted octanol–water partition coefficient (Wildman–Crippen LogP) is 6.90. The van der Waals surface area contributed by atoms with Gasteiger partial charge in [0.2, 0.25) is 0 Å². The summed E-state index contributed by atoms with van der Waals surface area (Å²) in [6.45, 7) is 1.43. The molecule has 202 valence electrons. The minimum Gasteiger partial charge on any atom is -0.462 e. The summed E-state index contributed by atoms with van der Waals surface area (Å²) in [5.74, 6) is -52.0.